The summed E-state index contributed by atoms with van der Waals surface area (Å²) in [6, 6.07) is 9.46. The van der Waals surface area contributed by atoms with Gasteiger partial charge in [-0.3, -0.25) is 14.9 Å². The van der Waals surface area contributed by atoms with Crippen LogP contribution in [0.3, 0.4) is 0 Å². The number of carbonyl (C=O) groups excluding carboxylic acids is 1. The molecule has 0 radical (unpaired) electrons. The molecule has 0 saturated carbocycles. The maximum atomic E-state index is 11.7. The number of methoxy groups -OCH3 is 1. The SMILES string of the molecule is COc1ccc(NC(=O)/C=C/c2ccc([N+](=O)[O-])o2)cc1. The number of nitro groups is 1. The van der Waals surface area contributed by atoms with Crippen LogP contribution in [0.25, 0.3) is 6.08 Å². The minimum absolute atomic E-state index is 0.228. The number of carbonyl (C=O) groups is 1. The normalized spacial score (nSPS) is 10.5. The Labute approximate surface area is 120 Å². The quantitative estimate of drug-likeness (QED) is 0.518. The number of anilines is 1. The summed E-state index contributed by atoms with van der Waals surface area (Å²) < 4.78 is 9.90. The van der Waals surface area contributed by atoms with Gasteiger partial charge in [0, 0.05) is 11.8 Å². The first-order valence-electron chi connectivity index (χ1n) is 5.96. The molecule has 0 atom stereocenters. The number of hydrogen-bond acceptors (Lipinski definition) is 5. The molecular weight excluding hydrogens is 276 g/mol. The highest BCUT2D eigenvalue weighted by Crippen LogP contribution is 2.17. The molecule has 1 N–H and O–H groups in total. The third-order valence-electron chi connectivity index (χ3n) is 2.55. The molecule has 0 spiro atoms. The third kappa shape index (κ3) is 3.93. The zero-order chi connectivity index (χ0) is 15.2. The first-order valence-corrected chi connectivity index (χ1v) is 5.96. The molecular formula is C14H12N2O5. The fourth-order valence-electron chi connectivity index (χ4n) is 1.55. The van der Waals surface area contributed by atoms with Crippen molar-refractivity contribution in [1.29, 1.82) is 0 Å². The number of ether oxygens (including phenoxy) is 1. The summed E-state index contributed by atoms with van der Waals surface area (Å²) in [6.07, 6.45) is 2.58. The number of amides is 1. The minimum atomic E-state index is -0.644. The van der Waals surface area contributed by atoms with Crippen molar-refractivity contribution in [2.75, 3.05) is 12.4 Å². The fraction of sp³-hybridized carbons (Fsp3) is 0.0714. The summed E-state index contributed by atoms with van der Waals surface area (Å²) in [7, 11) is 1.55. The predicted octanol–water partition coefficient (Wildman–Crippen LogP) is 2.85. The van der Waals surface area contributed by atoms with Crippen LogP contribution in [0.1, 0.15) is 5.76 Å². The van der Waals surface area contributed by atoms with E-state index in [4.69, 9.17) is 9.15 Å². The van der Waals surface area contributed by atoms with Crippen molar-refractivity contribution in [3.05, 3.63) is 58.3 Å². The number of benzene rings is 1. The molecule has 1 amide bonds. The van der Waals surface area contributed by atoms with E-state index in [1.54, 1.807) is 31.4 Å². The Morgan fingerprint density at radius 2 is 2.00 bits per heavy atom. The molecule has 0 aliphatic heterocycles. The molecule has 0 aliphatic rings. The van der Waals surface area contributed by atoms with E-state index >= 15 is 0 Å². The van der Waals surface area contributed by atoms with E-state index in [1.807, 2.05) is 0 Å². The molecule has 1 heterocycles. The molecule has 21 heavy (non-hydrogen) atoms. The van der Waals surface area contributed by atoms with Gasteiger partial charge in [-0.1, -0.05) is 0 Å². The zero-order valence-corrected chi connectivity index (χ0v) is 11.1. The van der Waals surface area contributed by atoms with Crippen molar-refractivity contribution >= 4 is 23.6 Å². The summed E-state index contributed by atoms with van der Waals surface area (Å²) in [5.74, 6) is 0.169. The number of hydrogen-bond donors (Lipinski definition) is 1. The summed E-state index contributed by atoms with van der Waals surface area (Å²) in [5, 5.41) is 13.1. The molecule has 1 aromatic carbocycles. The van der Waals surface area contributed by atoms with Gasteiger partial charge in [0.15, 0.2) is 0 Å². The van der Waals surface area contributed by atoms with Gasteiger partial charge < -0.3 is 14.5 Å². The molecule has 0 bridgehead atoms. The Balaban J connectivity index is 1.96. The maximum Gasteiger partial charge on any atom is 0.433 e. The van der Waals surface area contributed by atoms with Crippen LogP contribution in [0.5, 0.6) is 5.75 Å². The smallest absolute Gasteiger partial charge is 0.433 e. The van der Waals surface area contributed by atoms with Crippen LogP contribution in [-0.2, 0) is 4.79 Å². The van der Waals surface area contributed by atoms with E-state index in [1.165, 1.54) is 24.3 Å². The van der Waals surface area contributed by atoms with Gasteiger partial charge in [0.25, 0.3) is 0 Å². The molecule has 1 aromatic heterocycles. The van der Waals surface area contributed by atoms with Gasteiger partial charge in [-0.05, 0) is 36.4 Å². The van der Waals surface area contributed by atoms with E-state index in [2.05, 4.69) is 5.32 Å². The van der Waals surface area contributed by atoms with Crippen LogP contribution in [0, 0.1) is 10.1 Å². The lowest BCUT2D eigenvalue weighted by molar-refractivity contribution is -0.402. The Morgan fingerprint density at radius 3 is 2.57 bits per heavy atom. The van der Waals surface area contributed by atoms with Crippen molar-refractivity contribution in [3.63, 3.8) is 0 Å². The van der Waals surface area contributed by atoms with Gasteiger partial charge in [-0.2, -0.15) is 0 Å². The maximum absolute atomic E-state index is 11.7. The second kappa shape index (κ2) is 6.38. The van der Waals surface area contributed by atoms with Crippen LogP contribution in [0.15, 0.2) is 46.9 Å². The van der Waals surface area contributed by atoms with Gasteiger partial charge in [0.2, 0.25) is 5.91 Å². The first kappa shape index (κ1) is 14.3. The monoisotopic (exact) mass is 288 g/mol. The van der Waals surface area contributed by atoms with Crippen molar-refractivity contribution in [3.8, 4) is 5.75 Å². The number of furan rings is 1. The van der Waals surface area contributed by atoms with Crippen molar-refractivity contribution in [2.45, 2.75) is 0 Å². The van der Waals surface area contributed by atoms with Crippen LogP contribution in [0.2, 0.25) is 0 Å². The van der Waals surface area contributed by atoms with Crippen LogP contribution >= 0.6 is 0 Å². The topological polar surface area (TPSA) is 94.6 Å². The highest BCUT2D eigenvalue weighted by Gasteiger charge is 2.10. The number of nitrogens with zero attached hydrogens (tertiary/aromatic N) is 1. The summed E-state index contributed by atoms with van der Waals surface area (Å²) in [5.41, 5.74) is 0.607. The van der Waals surface area contributed by atoms with Gasteiger partial charge in [0.1, 0.15) is 16.4 Å². The molecule has 0 unspecified atom stereocenters. The van der Waals surface area contributed by atoms with E-state index in [0.29, 0.717) is 11.4 Å². The van der Waals surface area contributed by atoms with Crippen LogP contribution in [-0.4, -0.2) is 17.9 Å². The Bertz CT molecular complexity index is 673. The van der Waals surface area contributed by atoms with Crippen LogP contribution in [0.4, 0.5) is 11.6 Å². The summed E-state index contributed by atoms with van der Waals surface area (Å²) in [4.78, 5) is 21.5. The first-order chi connectivity index (χ1) is 10.1. The highest BCUT2D eigenvalue weighted by molar-refractivity contribution is 6.01. The molecule has 7 heteroatoms. The fourth-order valence-corrected chi connectivity index (χ4v) is 1.55. The molecule has 108 valence electrons. The van der Waals surface area contributed by atoms with Crippen molar-refractivity contribution in [2.24, 2.45) is 0 Å². The van der Waals surface area contributed by atoms with Gasteiger partial charge in [-0.25, -0.2) is 0 Å². The van der Waals surface area contributed by atoms with E-state index in [-0.39, 0.29) is 17.6 Å². The van der Waals surface area contributed by atoms with Crippen LogP contribution < -0.4 is 10.1 Å². The standard InChI is InChI=1S/C14H12N2O5/c1-20-11-4-2-10(3-5-11)15-13(17)8-6-12-7-9-14(21-12)16(18)19/h2-9H,1H3,(H,15,17)/b8-6+. The largest absolute Gasteiger partial charge is 0.497 e. The summed E-state index contributed by atoms with van der Waals surface area (Å²) >= 11 is 0. The Morgan fingerprint density at radius 1 is 1.29 bits per heavy atom. The average Bonchev–Trinajstić information content (AvgIpc) is 2.95. The van der Waals surface area contributed by atoms with Crippen molar-refractivity contribution < 1.29 is 18.9 Å². The Kier molecular flexibility index (Phi) is 4.35. The van der Waals surface area contributed by atoms with Gasteiger partial charge in [-0.15, -0.1) is 0 Å². The number of nitrogens with one attached hydrogen (secondary N) is 1. The molecule has 2 aromatic rings. The summed E-state index contributed by atoms with van der Waals surface area (Å²) in [6.45, 7) is 0. The molecule has 0 aliphatic carbocycles. The van der Waals surface area contributed by atoms with Gasteiger partial charge in [0.05, 0.1) is 13.2 Å². The lowest BCUT2D eigenvalue weighted by Crippen LogP contribution is -2.07. The number of rotatable bonds is 5. The minimum Gasteiger partial charge on any atom is -0.497 e. The van der Waals surface area contributed by atoms with Gasteiger partial charge >= 0.3 is 5.88 Å². The predicted molar refractivity (Wildman–Crippen MR) is 76.0 cm³/mol. The highest BCUT2D eigenvalue weighted by atomic mass is 16.6. The molecule has 0 fully saturated rings. The molecule has 0 saturated heterocycles. The van der Waals surface area contributed by atoms with E-state index < -0.39 is 4.92 Å². The second-order valence-electron chi connectivity index (χ2n) is 3.98. The van der Waals surface area contributed by atoms with E-state index in [9.17, 15) is 14.9 Å². The average molecular weight is 288 g/mol. The van der Waals surface area contributed by atoms with Crippen molar-refractivity contribution in [1.82, 2.24) is 0 Å². The molecule has 7 nitrogen and oxygen atoms in total. The third-order valence-corrected chi connectivity index (χ3v) is 2.55. The molecule has 2 rings (SSSR count). The zero-order valence-electron chi connectivity index (χ0n) is 11.1. The Hall–Kier alpha value is -3.09. The second-order valence-corrected chi connectivity index (χ2v) is 3.98. The van der Waals surface area contributed by atoms with E-state index in [0.717, 1.165) is 0 Å². The lowest BCUT2D eigenvalue weighted by Gasteiger charge is -2.03. The lowest BCUT2D eigenvalue weighted by atomic mass is 10.3.